The largest absolute Gasteiger partial charge is 0.491 e. The fourth-order valence-corrected chi connectivity index (χ4v) is 1.63. The van der Waals surface area contributed by atoms with Gasteiger partial charge in [0.25, 0.3) is 0 Å². The first-order valence-electron chi connectivity index (χ1n) is 5.74. The molecule has 0 radical (unpaired) electrons. The van der Waals surface area contributed by atoms with E-state index in [4.69, 9.17) is 10.5 Å². The molecule has 0 fully saturated rings. The van der Waals surface area contributed by atoms with Crippen molar-refractivity contribution < 1.29 is 9.13 Å². The van der Waals surface area contributed by atoms with E-state index < -0.39 is 0 Å². The normalized spacial score (nSPS) is 10.1. The average Bonchev–Trinajstić information content (AvgIpc) is 2.33. The van der Waals surface area contributed by atoms with E-state index in [-0.39, 0.29) is 11.6 Å². The Hall–Kier alpha value is -2.23. The van der Waals surface area contributed by atoms with Crippen molar-refractivity contribution in [1.29, 1.82) is 0 Å². The number of benzene rings is 2. The Kier molecular flexibility index (Phi) is 3.67. The molecule has 3 N–H and O–H groups in total. The molecule has 0 amide bonds. The SMILES string of the molecule is CCOc1ccc(Nc2cccc(N)c2)cc1F. The van der Waals surface area contributed by atoms with E-state index in [1.165, 1.54) is 6.07 Å². The van der Waals surface area contributed by atoms with Crippen molar-refractivity contribution in [1.82, 2.24) is 0 Å². The Bertz CT molecular complexity index is 543. The fraction of sp³-hybridized carbons (Fsp3) is 0.143. The zero-order valence-electron chi connectivity index (χ0n) is 10.1. The molecule has 0 unspecified atom stereocenters. The summed E-state index contributed by atoms with van der Waals surface area (Å²) >= 11 is 0. The monoisotopic (exact) mass is 246 g/mol. The lowest BCUT2D eigenvalue weighted by Crippen LogP contribution is -1.97. The van der Waals surface area contributed by atoms with Crippen molar-refractivity contribution >= 4 is 17.1 Å². The molecule has 0 bridgehead atoms. The summed E-state index contributed by atoms with van der Waals surface area (Å²) in [7, 11) is 0. The molecule has 0 aliphatic rings. The van der Waals surface area contributed by atoms with Crippen LogP contribution in [-0.4, -0.2) is 6.61 Å². The van der Waals surface area contributed by atoms with Gasteiger partial charge in [-0.2, -0.15) is 0 Å². The van der Waals surface area contributed by atoms with Crippen molar-refractivity contribution in [2.24, 2.45) is 0 Å². The first-order chi connectivity index (χ1) is 8.69. The minimum Gasteiger partial charge on any atom is -0.491 e. The van der Waals surface area contributed by atoms with Crippen LogP contribution in [0.1, 0.15) is 6.92 Å². The quantitative estimate of drug-likeness (QED) is 0.811. The molecule has 0 saturated heterocycles. The van der Waals surface area contributed by atoms with Crippen LogP contribution in [0.15, 0.2) is 42.5 Å². The minimum atomic E-state index is -0.384. The maximum absolute atomic E-state index is 13.6. The maximum atomic E-state index is 13.6. The van der Waals surface area contributed by atoms with Crippen LogP contribution in [0.5, 0.6) is 5.75 Å². The van der Waals surface area contributed by atoms with Gasteiger partial charge in [0.05, 0.1) is 6.61 Å². The molecular formula is C14H15FN2O. The van der Waals surface area contributed by atoms with Gasteiger partial charge in [-0.15, -0.1) is 0 Å². The van der Waals surface area contributed by atoms with Crippen LogP contribution in [0.3, 0.4) is 0 Å². The van der Waals surface area contributed by atoms with Gasteiger partial charge in [0, 0.05) is 23.1 Å². The van der Waals surface area contributed by atoms with Crippen LogP contribution in [0.25, 0.3) is 0 Å². The van der Waals surface area contributed by atoms with Crippen LogP contribution in [0.4, 0.5) is 21.5 Å². The minimum absolute atomic E-state index is 0.260. The Morgan fingerprint density at radius 3 is 2.61 bits per heavy atom. The third kappa shape index (κ3) is 2.91. The molecule has 3 nitrogen and oxygen atoms in total. The van der Waals surface area contributed by atoms with E-state index in [2.05, 4.69) is 5.32 Å². The molecule has 0 spiro atoms. The molecule has 0 aliphatic carbocycles. The first-order valence-corrected chi connectivity index (χ1v) is 5.74. The van der Waals surface area contributed by atoms with Crippen molar-refractivity contribution in [3.63, 3.8) is 0 Å². The third-order valence-corrected chi connectivity index (χ3v) is 2.41. The van der Waals surface area contributed by atoms with Crippen LogP contribution < -0.4 is 15.8 Å². The average molecular weight is 246 g/mol. The third-order valence-electron chi connectivity index (χ3n) is 2.41. The van der Waals surface area contributed by atoms with Crippen molar-refractivity contribution in [2.45, 2.75) is 6.92 Å². The van der Waals surface area contributed by atoms with E-state index >= 15 is 0 Å². The van der Waals surface area contributed by atoms with Gasteiger partial charge in [0.15, 0.2) is 11.6 Å². The molecule has 2 aromatic carbocycles. The number of anilines is 3. The summed E-state index contributed by atoms with van der Waals surface area (Å²) < 4.78 is 18.8. The second-order valence-electron chi connectivity index (χ2n) is 3.83. The standard InChI is InChI=1S/C14H15FN2O/c1-2-18-14-7-6-12(9-13(14)15)17-11-5-3-4-10(16)8-11/h3-9,17H,2,16H2,1H3. The number of hydrogen-bond donors (Lipinski definition) is 2. The predicted octanol–water partition coefficient (Wildman–Crippen LogP) is 3.55. The number of nitrogens with one attached hydrogen (secondary N) is 1. The van der Waals surface area contributed by atoms with Gasteiger partial charge in [-0.3, -0.25) is 0 Å². The highest BCUT2D eigenvalue weighted by molar-refractivity contribution is 5.64. The van der Waals surface area contributed by atoms with E-state index in [1.807, 2.05) is 19.1 Å². The smallest absolute Gasteiger partial charge is 0.167 e. The molecule has 2 rings (SSSR count). The summed E-state index contributed by atoms with van der Waals surface area (Å²) in [5, 5.41) is 3.08. The highest BCUT2D eigenvalue weighted by atomic mass is 19.1. The predicted molar refractivity (Wildman–Crippen MR) is 71.7 cm³/mol. The second-order valence-corrected chi connectivity index (χ2v) is 3.83. The van der Waals surface area contributed by atoms with Crippen LogP contribution >= 0.6 is 0 Å². The number of hydrogen-bond acceptors (Lipinski definition) is 3. The second kappa shape index (κ2) is 5.40. The Balaban J connectivity index is 2.17. The molecule has 18 heavy (non-hydrogen) atoms. The van der Waals surface area contributed by atoms with Gasteiger partial charge in [-0.05, 0) is 37.3 Å². The van der Waals surface area contributed by atoms with Crippen molar-refractivity contribution in [3.05, 3.63) is 48.3 Å². The molecule has 94 valence electrons. The summed E-state index contributed by atoms with van der Waals surface area (Å²) in [6.07, 6.45) is 0. The summed E-state index contributed by atoms with van der Waals surface area (Å²) in [4.78, 5) is 0. The number of ether oxygens (including phenoxy) is 1. The molecule has 0 aromatic heterocycles. The van der Waals surface area contributed by atoms with E-state index in [1.54, 1.807) is 24.3 Å². The Morgan fingerprint density at radius 2 is 1.94 bits per heavy atom. The van der Waals surface area contributed by atoms with Crippen molar-refractivity contribution in [2.75, 3.05) is 17.7 Å². The van der Waals surface area contributed by atoms with E-state index in [0.29, 0.717) is 18.0 Å². The summed E-state index contributed by atoms with van der Waals surface area (Å²) in [5.74, 6) is -0.124. The molecule has 2 aromatic rings. The van der Waals surface area contributed by atoms with Gasteiger partial charge < -0.3 is 15.8 Å². The summed E-state index contributed by atoms with van der Waals surface area (Å²) in [6, 6.07) is 12.0. The molecule has 0 heterocycles. The molecule has 0 atom stereocenters. The number of halogens is 1. The van der Waals surface area contributed by atoms with Gasteiger partial charge in [0.1, 0.15) is 0 Å². The highest BCUT2D eigenvalue weighted by Gasteiger charge is 2.04. The lowest BCUT2D eigenvalue weighted by molar-refractivity contribution is 0.321. The van der Waals surface area contributed by atoms with Crippen LogP contribution in [0, 0.1) is 5.82 Å². The zero-order valence-corrected chi connectivity index (χ0v) is 10.1. The lowest BCUT2D eigenvalue weighted by atomic mass is 10.2. The van der Waals surface area contributed by atoms with E-state index in [9.17, 15) is 4.39 Å². The Morgan fingerprint density at radius 1 is 1.17 bits per heavy atom. The fourth-order valence-electron chi connectivity index (χ4n) is 1.63. The molecular weight excluding hydrogens is 231 g/mol. The van der Waals surface area contributed by atoms with Crippen molar-refractivity contribution in [3.8, 4) is 5.75 Å². The first kappa shape index (κ1) is 12.2. The van der Waals surface area contributed by atoms with E-state index in [0.717, 1.165) is 5.69 Å². The molecule has 0 aliphatic heterocycles. The van der Waals surface area contributed by atoms with Gasteiger partial charge in [-0.25, -0.2) is 4.39 Å². The maximum Gasteiger partial charge on any atom is 0.167 e. The molecule has 0 saturated carbocycles. The lowest BCUT2D eigenvalue weighted by Gasteiger charge is -2.09. The van der Waals surface area contributed by atoms with Gasteiger partial charge in [0.2, 0.25) is 0 Å². The van der Waals surface area contributed by atoms with Gasteiger partial charge >= 0.3 is 0 Å². The topological polar surface area (TPSA) is 47.3 Å². The Labute approximate surface area is 105 Å². The summed E-state index contributed by atoms with van der Waals surface area (Å²) in [6.45, 7) is 2.26. The number of nitrogens with two attached hydrogens (primary N) is 1. The van der Waals surface area contributed by atoms with Crippen LogP contribution in [-0.2, 0) is 0 Å². The highest BCUT2D eigenvalue weighted by Crippen LogP contribution is 2.24. The zero-order chi connectivity index (χ0) is 13.0. The number of nitrogen functional groups attached to an aromatic ring is 1. The van der Waals surface area contributed by atoms with Gasteiger partial charge in [-0.1, -0.05) is 6.07 Å². The number of rotatable bonds is 4. The summed E-state index contributed by atoms with van der Waals surface area (Å²) in [5.41, 5.74) is 7.80. The molecule has 4 heteroatoms. The van der Waals surface area contributed by atoms with Crippen LogP contribution in [0.2, 0.25) is 0 Å².